The number of benzene rings is 1. The molecular formula is C19H15N3O3S. The van der Waals surface area contributed by atoms with Gasteiger partial charge in [-0.25, -0.2) is 4.98 Å². The number of amides is 1. The zero-order valence-electron chi connectivity index (χ0n) is 14.0. The summed E-state index contributed by atoms with van der Waals surface area (Å²) in [6.45, 7) is 0.303. The highest BCUT2D eigenvalue weighted by Crippen LogP contribution is 2.32. The first-order valence-corrected chi connectivity index (χ1v) is 8.76. The summed E-state index contributed by atoms with van der Waals surface area (Å²) >= 11 is 1.42. The van der Waals surface area contributed by atoms with Gasteiger partial charge in [0.2, 0.25) is 0 Å². The third-order valence-electron chi connectivity index (χ3n) is 3.84. The smallest absolute Gasteiger partial charge is 0.296 e. The Balaban J connectivity index is 1.75. The van der Waals surface area contributed by atoms with Crippen molar-refractivity contribution >= 4 is 32.6 Å². The molecule has 26 heavy (non-hydrogen) atoms. The first kappa shape index (κ1) is 16.3. The van der Waals surface area contributed by atoms with Crippen LogP contribution in [0.1, 0.15) is 16.2 Å². The summed E-state index contributed by atoms with van der Waals surface area (Å²) in [4.78, 5) is 23.5. The quantitative estimate of drug-likeness (QED) is 0.532. The minimum absolute atomic E-state index is 0.258. The van der Waals surface area contributed by atoms with E-state index >= 15 is 0 Å². The van der Waals surface area contributed by atoms with Crippen LogP contribution in [0.4, 0.5) is 5.13 Å². The molecule has 0 spiro atoms. The maximum Gasteiger partial charge on any atom is 0.296 e. The van der Waals surface area contributed by atoms with E-state index in [-0.39, 0.29) is 11.7 Å². The van der Waals surface area contributed by atoms with Crippen LogP contribution in [0.3, 0.4) is 0 Å². The van der Waals surface area contributed by atoms with Gasteiger partial charge in [0, 0.05) is 6.20 Å². The topological polar surface area (TPSA) is 68.5 Å². The summed E-state index contributed by atoms with van der Waals surface area (Å²) in [6, 6.07) is 14.6. The molecule has 0 unspecified atom stereocenters. The molecule has 3 heterocycles. The highest BCUT2D eigenvalue weighted by Gasteiger charge is 2.24. The Morgan fingerprint density at radius 2 is 2.15 bits per heavy atom. The number of hydrogen-bond acceptors (Lipinski definition) is 6. The van der Waals surface area contributed by atoms with E-state index in [1.165, 1.54) is 17.6 Å². The number of rotatable bonds is 5. The molecule has 1 aromatic carbocycles. The molecule has 0 atom stereocenters. The Kier molecular flexibility index (Phi) is 4.37. The van der Waals surface area contributed by atoms with Crippen molar-refractivity contribution in [2.24, 2.45) is 0 Å². The van der Waals surface area contributed by atoms with Gasteiger partial charge in [0.1, 0.15) is 5.75 Å². The maximum absolute atomic E-state index is 13.0. The molecule has 0 saturated heterocycles. The third kappa shape index (κ3) is 3.16. The van der Waals surface area contributed by atoms with Crippen molar-refractivity contribution in [2.75, 3.05) is 12.0 Å². The SMILES string of the molecule is COc1ccc2nc(N(Cc3ccccn3)C(=O)c3ccco3)sc2c1. The number of fused-ring (bicyclic) bond motifs is 1. The summed E-state index contributed by atoms with van der Waals surface area (Å²) in [7, 11) is 1.62. The summed E-state index contributed by atoms with van der Waals surface area (Å²) in [6.07, 6.45) is 3.18. The van der Waals surface area contributed by atoms with Crippen LogP contribution in [0.15, 0.2) is 65.4 Å². The van der Waals surface area contributed by atoms with Gasteiger partial charge in [0.25, 0.3) is 5.91 Å². The predicted molar refractivity (Wildman–Crippen MR) is 99.6 cm³/mol. The lowest BCUT2D eigenvalue weighted by molar-refractivity contribution is 0.0958. The first-order chi connectivity index (χ1) is 12.7. The van der Waals surface area contributed by atoms with E-state index in [9.17, 15) is 4.79 Å². The van der Waals surface area contributed by atoms with Gasteiger partial charge >= 0.3 is 0 Å². The molecule has 6 nitrogen and oxygen atoms in total. The fourth-order valence-electron chi connectivity index (χ4n) is 2.55. The van der Waals surface area contributed by atoms with Gasteiger partial charge in [-0.3, -0.25) is 14.7 Å². The minimum atomic E-state index is -0.258. The molecule has 0 aliphatic heterocycles. The zero-order valence-corrected chi connectivity index (χ0v) is 14.8. The summed E-state index contributed by atoms with van der Waals surface area (Å²) in [5.41, 5.74) is 1.58. The Hall–Kier alpha value is -3.19. The average molecular weight is 365 g/mol. The van der Waals surface area contributed by atoms with Crippen molar-refractivity contribution in [1.82, 2.24) is 9.97 Å². The number of aromatic nitrogens is 2. The Labute approximate surface area is 153 Å². The maximum atomic E-state index is 13.0. The number of pyridine rings is 1. The standard InChI is InChI=1S/C19H15N3O3S/c1-24-14-7-8-15-17(11-14)26-19(21-15)22(12-13-5-2-3-9-20-13)18(23)16-6-4-10-25-16/h2-11H,12H2,1H3. The molecule has 4 aromatic rings. The second kappa shape index (κ2) is 6.97. The summed E-state index contributed by atoms with van der Waals surface area (Å²) in [5.74, 6) is 0.755. The van der Waals surface area contributed by atoms with Crippen molar-refractivity contribution in [3.8, 4) is 5.75 Å². The largest absolute Gasteiger partial charge is 0.497 e. The normalized spacial score (nSPS) is 10.8. The van der Waals surface area contributed by atoms with Gasteiger partial charge in [-0.05, 0) is 42.5 Å². The van der Waals surface area contributed by atoms with Crippen LogP contribution in [-0.2, 0) is 6.54 Å². The molecule has 3 aromatic heterocycles. The second-order valence-electron chi connectivity index (χ2n) is 5.52. The molecule has 0 fully saturated rings. The Bertz CT molecular complexity index is 1030. The lowest BCUT2D eigenvalue weighted by atomic mass is 10.3. The Morgan fingerprint density at radius 1 is 1.23 bits per heavy atom. The number of ether oxygens (including phenoxy) is 1. The third-order valence-corrected chi connectivity index (χ3v) is 4.88. The van der Waals surface area contributed by atoms with Gasteiger partial charge < -0.3 is 9.15 Å². The lowest BCUT2D eigenvalue weighted by Gasteiger charge is -2.18. The van der Waals surface area contributed by atoms with Crippen molar-refractivity contribution in [2.45, 2.75) is 6.54 Å². The van der Waals surface area contributed by atoms with E-state index in [1.54, 1.807) is 30.3 Å². The predicted octanol–water partition coefficient (Wildman–Crippen LogP) is 4.14. The molecular weight excluding hydrogens is 350 g/mol. The number of methoxy groups -OCH3 is 1. The number of carbonyl (C=O) groups excluding carboxylic acids is 1. The van der Waals surface area contributed by atoms with Crippen LogP contribution < -0.4 is 9.64 Å². The molecule has 130 valence electrons. The highest BCUT2D eigenvalue weighted by molar-refractivity contribution is 7.22. The molecule has 7 heteroatoms. The van der Waals surface area contributed by atoms with E-state index in [4.69, 9.17) is 9.15 Å². The van der Waals surface area contributed by atoms with Crippen molar-refractivity contribution in [3.05, 3.63) is 72.4 Å². The molecule has 0 radical (unpaired) electrons. The molecule has 1 amide bonds. The monoisotopic (exact) mass is 365 g/mol. The number of nitrogens with zero attached hydrogens (tertiary/aromatic N) is 3. The fourth-order valence-corrected chi connectivity index (χ4v) is 3.54. The number of thiazole rings is 1. The van der Waals surface area contributed by atoms with Crippen LogP contribution in [-0.4, -0.2) is 23.0 Å². The van der Waals surface area contributed by atoms with Gasteiger partial charge in [-0.2, -0.15) is 0 Å². The van der Waals surface area contributed by atoms with Crippen LogP contribution in [0.2, 0.25) is 0 Å². The van der Waals surface area contributed by atoms with Gasteiger partial charge in [-0.1, -0.05) is 17.4 Å². The molecule has 0 aliphatic rings. The summed E-state index contributed by atoms with van der Waals surface area (Å²) < 4.78 is 11.5. The van der Waals surface area contributed by atoms with E-state index in [0.717, 1.165) is 21.7 Å². The molecule has 0 bridgehead atoms. The summed E-state index contributed by atoms with van der Waals surface area (Å²) in [5, 5.41) is 0.584. The number of hydrogen-bond donors (Lipinski definition) is 0. The minimum Gasteiger partial charge on any atom is -0.497 e. The second-order valence-corrected chi connectivity index (χ2v) is 6.53. The van der Waals surface area contributed by atoms with Crippen molar-refractivity contribution < 1.29 is 13.9 Å². The van der Waals surface area contributed by atoms with E-state index < -0.39 is 0 Å². The van der Waals surface area contributed by atoms with Crippen LogP contribution >= 0.6 is 11.3 Å². The van der Waals surface area contributed by atoms with Crippen LogP contribution in [0, 0.1) is 0 Å². The van der Waals surface area contributed by atoms with Gasteiger partial charge in [-0.15, -0.1) is 0 Å². The van der Waals surface area contributed by atoms with Crippen LogP contribution in [0.25, 0.3) is 10.2 Å². The molecule has 0 saturated carbocycles. The van der Waals surface area contributed by atoms with Crippen LogP contribution in [0.5, 0.6) is 5.75 Å². The first-order valence-electron chi connectivity index (χ1n) is 7.94. The van der Waals surface area contributed by atoms with E-state index in [2.05, 4.69) is 9.97 Å². The van der Waals surface area contributed by atoms with E-state index in [0.29, 0.717) is 11.7 Å². The number of anilines is 1. The average Bonchev–Trinajstić information content (AvgIpc) is 3.35. The van der Waals surface area contributed by atoms with E-state index in [1.807, 2.05) is 36.4 Å². The molecule has 0 N–H and O–H groups in total. The van der Waals surface area contributed by atoms with Crippen molar-refractivity contribution in [3.63, 3.8) is 0 Å². The zero-order chi connectivity index (χ0) is 17.9. The number of carbonyl (C=O) groups is 1. The fraction of sp³-hybridized carbons (Fsp3) is 0.105. The van der Waals surface area contributed by atoms with Crippen molar-refractivity contribution in [1.29, 1.82) is 0 Å². The highest BCUT2D eigenvalue weighted by atomic mass is 32.1. The Morgan fingerprint density at radius 3 is 2.88 bits per heavy atom. The lowest BCUT2D eigenvalue weighted by Crippen LogP contribution is -2.30. The number of furan rings is 1. The van der Waals surface area contributed by atoms with Gasteiger partial charge in [0.05, 0.1) is 35.8 Å². The van der Waals surface area contributed by atoms with Gasteiger partial charge in [0.15, 0.2) is 10.9 Å². The molecule has 0 aliphatic carbocycles. The molecule has 4 rings (SSSR count).